The average Bonchev–Trinajstić information content (AvgIpc) is 3.48. The van der Waals surface area contributed by atoms with Gasteiger partial charge in [-0.15, -0.1) is 0 Å². The number of benzene rings is 2. The number of halogens is 4. The molecule has 0 atom stereocenters. The molecule has 0 unspecified atom stereocenters. The molecule has 1 aliphatic rings. The van der Waals surface area contributed by atoms with Crippen LogP contribution in [-0.2, 0) is 16.2 Å². The van der Waals surface area contributed by atoms with Crippen LogP contribution in [0.25, 0.3) is 5.69 Å². The molecule has 1 aliphatic heterocycles. The minimum atomic E-state index is -4.66. The van der Waals surface area contributed by atoms with Crippen molar-refractivity contribution in [3.8, 4) is 5.69 Å². The molecule has 4 rings (SSSR count). The molecular weight excluding hydrogens is 464 g/mol. The molecule has 0 radical (unpaired) electrons. The Morgan fingerprint density at radius 2 is 1.79 bits per heavy atom. The molecule has 0 bridgehead atoms. The van der Waals surface area contributed by atoms with E-state index in [9.17, 15) is 30.8 Å². The molecule has 174 valence electrons. The Kier molecular flexibility index (Phi) is 5.97. The van der Waals surface area contributed by atoms with Gasteiger partial charge in [0, 0.05) is 31.0 Å². The summed E-state index contributed by atoms with van der Waals surface area (Å²) in [6.45, 7) is 0.491. The van der Waals surface area contributed by atoms with Crippen LogP contribution < -0.4 is 5.32 Å². The number of amides is 1. The summed E-state index contributed by atoms with van der Waals surface area (Å²) in [5.41, 5.74) is -1.26. The lowest BCUT2D eigenvalue weighted by atomic mass is 10.1. The molecule has 0 aliphatic carbocycles. The van der Waals surface area contributed by atoms with E-state index >= 15 is 0 Å². The van der Waals surface area contributed by atoms with Crippen molar-refractivity contribution in [2.45, 2.75) is 23.9 Å². The fourth-order valence-corrected chi connectivity index (χ4v) is 5.14. The zero-order valence-corrected chi connectivity index (χ0v) is 17.8. The Bertz CT molecular complexity index is 1290. The molecule has 1 aromatic heterocycles. The van der Waals surface area contributed by atoms with E-state index in [4.69, 9.17) is 0 Å². The van der Waals surface area contributed by atoms with Crippen LogP contribution in [0.5, 0.6) is 0 Å². The number of hydrogen-bond donors (Lipinski definition) is 1. The third kappa shape index (κ3) is 4.62. The third-order valence-electron chi connectivity index (χ3n) is 5.20. The van der Waals surface area contributed by atoms with E-state index in [1.807, 2.05) is 0 Å². The third-order valence-corrected chi connectivity index (χ3v) is 7.11. The molecule has 33 heavy (non-hydrogen) atoms. The second-order valence-corrected chi connectivity index (χ2v) is 9.30. The van der Waals surface area contributed by atoms with Gasteiger partial charge in [-0.1, -0.05) is 0 Å². The highest BCUT2D eigenvalue weighted by atomic mass is 32.2. The predicted octanol–water partition coefficient (Wildman–Crippen LogP) is 4.07. The second-order valence-electron chi connectivity index (χ2n) is 7.39. The van der Waals surface area contributed by atoms with E-state index in [2.05, 4.69) is 10.4 Å². The quantitative estimate of drug-likeness (QED) is 0.556. The highest BCUT2D eigenvalue weighted by Gasteiger charge is 2.32. The zero-order chi connectivity index (χ0) is 23.8. The van der Waals surface area contributed by atoms with Crippen molar-refractivity contribution in [3.63, 3.8) is 0 Å². The molecule has 1 N–H and O–H groups in total. The van der Waals surface area contributed by atoms with Gasteiger partial charge in [0.05, 0.1) is 16.9 Å². The number of rotatable bonds is 5. The monoisotopic (exact) mass is 482 g/mol. The number of carbonyl (C=O) groups is 1. The summed E-state index contributed by atoms with van der Waals surface area (Å²) < 4.78 is 82.0. The first kappa shape index (κ1) is 22.9. The number of nitrogens with zero attached hydrogens (tertiary/aromatic N) is 3. The Balaban J connectivity index is 1.70. The Morgan fingerprint density at radius 3 is 2.42 bits per heavy atom. The maximum atomic E-state index is 14.4. The summed E-state index contributed by atoms with van der Waals surface area (Å²) in [6.07, 6.45) is -0.468. The van der Waals surface area contributed by atoms with Gasteiger partial charge in [-0.3, -0.25) is 4.79 Å². The van der Waals surface area contributed by atoms with Gasteiger partial charge in [-0.2, -0.15) is 22.6 Å². The minimum Gasteiger partial charge on any atom is -0.320 e. The van der Waals surface area contributed by atoms with E-state index in [1.165, 1.54) is 17.1 Å². The SMILES string of the molecule is O=C(Nc1cc(C(F)(F)F)ccc1-n1cccn1)c1ccc(F)c(S(=O)(=O)N2CCCC2)c1. The molecule has 1 saturated heterocycles. The van der Waals surface area contributed by atoms with Crippen LogP contribution in [0.15, 0.2) is 59.8 Å². The van der Waals surface area contributed by atoms with E-state index in [0.29, 0.717) is 12.8 Å². The first-order chi connectivity index (χ1) is 15.6. The molecule has 12 heteroatoms. The van der Waals surface area contributed by atoms with Gasteiger partial charge < -0.3 is 5.32 Å². The fraction of sp³-hybridized carbons (Fsp3) is 0.238. The summed E-state index contributed by atoms with van der Waals surface area (Å²) in [7, 11) is -4.15. The number of anilines is 1. The molecular formula is C21H18F4N4O3S. The summed E-state index contributed by atoms with van der Waals surface area (Å²) in [5.74, 6) is -1.92. The molecule has 0 spiro atoms. The number of sulfonamides is 1. The van der Waals surface area contributed by atoms with Gasteiger partial charge in [0.1, 0.15) is 10.7 Å². The van der Waals surface area contributed by atoms with Crippen molar-refractivity contribution in [2.24, 2.45) is 0 Å². The van der Waals surface area contributed by atoms with E-state index in [-0.39, 0.29) is 30.0 Å². The Morgan fingerprint density at radius 1 is 1.06 bits per heavy atom. The van der Waals surface area contributed by atoms with Crippen LogP contribution in [0.3, 0.4) is 0 Å². The van der Waals surface area contributed by atoms with Crippen molar-refractivity contribution < 1.29 is 30.8 Å². The zero-order valence-electron chi connectivity index (χ0n) is 17.0. The van der Waals surface area contributed by atoms with Gasteiger partial charge in [-0.05, 0) is 55.3 Å². The molecule has 1 fully saturated rings. The highest BCUT2D eigenvalue weighted by Crippen LogP contribution is 2.33. The van der Waals surface area contributed by atoms with E-state index < -0.39 is 38.4 Å². The number of aromatic nitrogens is 2. The van der Waals surface area contributed by atoms with Gasteiger partial charge >= 0.3 is 6.18 Å². The van der Waals surface area contributed by atoms with Crippen LogP contribution in [0.1, 0.15) is 28.8 Å². The molecule has 2 aromatic carbocycles. The number of nitrogens with one attached hydrogen (secondary N) is 1. The lowest BCUT2D eigenvalue weighted by molar-refractivity contribution is -0.137. The van der Waals surface area contributed by atoms with Crippen molar-refractivity contribution in [3.05, 3.63) is 71.8 Å². The molecule has 0 saturated carbocycles. The standard InChI is InChI=1S/C21H18F4N4O3S/c22-16-6-4-14(12-19(16)33(31,32)28-9-1-2-10-28)20(30)27-17-13-15(21(23,24)25)5-7-18(17)29-11-3-8-26-29/h3-8,11-13H,1-2,9-10H2,(H,27,30). The summed E-state index contributed by atoms with van der Waals surface area (Å²) in [4.78, 5) is 12.2. The molecule has 7 nitrogen and oxygen atoms in total. The van der Waals surface area contributed by atoms with Gasteiger partial charge in [0.25, 0.3) is 5.91 Å². The van der Waals surface area contributed by atoms with Crippen LogP contribution >= 0.6 is 0 Å². The lowest BCUT2D eigenvalue weighted by Gasteiger charge is -2.17. The van der Waals surface area contributed by atoms with Gasteiger partial charge in [0.2, 0.25) is 10.0 Å². The fourth-order valence-electron chi connectivity index (χ4n) is 3.53. The Hall–Kier alpha value is -3.25. The van der Waals surface area contributed by atoms with Crippen LogP contribution in [0, 0.1) is 5.82 Å². The van der Waals surface area contributed by atoms with Gasteiger partial charge in [0.15, 0.2) is 0 Å². The van der Waals surface area contributed by atoms with Crippen molar-refractivity contribution in [1.29, 1.82) is 0 Å². The Labute approximate surface area is 186 Å². The first-order valence-corrected chi connectivity index (χ1v) is 11.3. The predicted molar refractivity (Wildman–Crippen MR) is 111 cm³/mol. The highest BCUT2D eigenvalue weighted by molar-refractivity contribution is 7.89. The van der Waals surface area contributed by atoms with Crippen LogP contribution in [0.4, 0.5) is 23.2 Å². The van der Waals surface area contributed by atoms with Crippen molar-refractivity contribution in [1.82, 2.24) is 14.1 Å². The number of alkyl halides is 3. The average molecular weight is 482 g/mol. The number of hydrogen-bond acceptors (Lipinski definition) is 4. The molecule has 2 heterocycles. The van der Waals surface area contributed by atoms with Crippen LogP contribution in [-0.4, -0.2) is 41.5 Å². The molecule has 1 amide bonds. The minimum absolute atomic E-state index is 0.161. The number of carbonyl (C=O) groups excluding carboxylic acids is 1. The normalized spacial score (nSPS) is 15.0. The maximum absolute atomic E-state index is 14.4. The lowest BCUT2D eigenvalue weighted by Crippen LogP contribution is -2.29. The maximum Gasteiger partial charge on any atom is 0.416 e. The van der Waals surface area contributed by atoms with Crippen molar-refractivity contribution >= 4 is 21.6 Å². The van der Waals surface area contributed by atoms with Gasteiger partial charge in [-0.25, -0.2) is 17.5 Å². The van der Waals surface area contributed by atoms with Crippen molar-refractivity contribution in [2.75, 3.05) is 18.4 Å². The second kappa shape index (κ2) is 8.60. The van der Waals surface area contributed by atoms with E-state index in [0.717, 1.165) is 40.7 Å². The van der Waals surface area contributed by atoms with E-state index in [1.54, 1.807) is 6.07 Å². The largest absolute Gasteiger partial charge is 0.416 e. The summed E-state index contributed by atoms with van der Waals surface area (Å²) in [6, 6.07) is 7.11. The smallest absolute Gasteiger partial charge is 0.320 e. The van der Waals surface area contributed by atoms with Crippen LogP contribution in [0.2, 0.25) is 0 Å². The topological polar surface area (TPSA) is 84.3 Å². The summed E-state index contributed by atoms with van der Waals surface area (Å²) >= 11 is 0. The first-order valence-electron chi connectivity index (χ1n) is 9.90. The summed E-state index contributed by atoms with van der Waals surface area (Å²) in [5, 5.41) is 6.34. The molecule has 3 aromatic rings.